The molecule has 0 aliphatic heterocycles. The number of carbonyl (C=O) groups excluding carboxylic acids is 5. The molecule has 0 bridgehead atoms. The highest BCUT2D eigenvalue weighted by atomic mass is 32.2. The van der Waals surface area contributed by atoms with Crippen molar-refractivity contribution in [2.24, 2.45) is 27.6 Å². The number of nitrogens with one attached hydrogen (secondary N) is 5. The quantitative estimate of drug-likeness (QED) is 0.0118. The summed E-state index contributed by atoms with van der Waals surface area (Å²) < 4.78 is 24.2. The first kappa shape index (κ1) is 44.2. The van der Waals surface area contributed by atoms with Gasteiger partial charge in [0.15, 0.2) is 0 Å². The molecule has 0 unspecified atom stereocenters. The highest BCUT2D eigenvalue weighted by Crippen LogP contribution is 2.39. The Morgan fingerprint density at radius 3 is 1.86 bits per heavy atom. The number of hydrazine groups is 1. The summed E-state index contributed by atoms with van der Waals surface area (Å²) in [4.78, 5) is 59.2. The fourth-order valence-electron chi connectivity index (χ4n) is 3.91. The largest absolute Gasteiger partial charge is 0.377 e. The minimum atomic E-state index is -0.868. The SMILES string of the molecule is CC(C)(C(=O)NSCCCC(=O)NCCOCCOCC(=O)NCCOCCOCC(=O)NCc1ccc(C=O)cc1)C(C)(C)/C(=N/N)NN. The van der Waals surface area contributed by atoms with Gasteiger partial charge in [-0.05, 0) is 12.0 Å². The van der Waals surface area contributed by atoms with E-state index in [1.54, 1.807) is 38.1 Å². The van der Waals surface area contributed by atoms with E-state index in [0.717, 1.165) is 11.8 Å². The van der Waals surface area contributed by atoms with Gasteiger partial charge >= 0.3 is 0 Å². The molecule has 0 aliphatic rings. The van der Waals surface area contributed by atoms with Gasteiger partial charge in [-0.2, -0.15) is 5.10 Å². The molecule has 1 rings (SSSR count). The molecule has 0 fully saturated rings. The molecule has 0 heterocycles. The Labute approximate surface area is 298 Å². The van der Waals surface area contributed by atoms with Gasteiger partial charge in [-0.25, -0.2) is 5.84 Å². The number of rotatable bonds is 27. The number of hydrogen-bond acceptors (Lipinski definition) is 13. The first-order chi connectivity index (χ1) is 23.9. The van der Waals surface area contributed by atoms with Crippen LogP contribution < -0.4 is 37.8 Å². The van der Waals surface area contributed by atoms with Crippen LogP contribution in [0.15, 0.2) is 29.4 Å². The van der Waals surface area contributed by atoms with Crippen molar-refractivity contribution in [3.05, 3.63) is 35.4 Å². The maximum Gasteiger partial charge on any atom is 0.246 e. The molecule has 4 amide bonds. The third kappa shape index (κ3) is 17.7. The van der Waals surface area contributed by atoms with E-state index in [1.165, 1.54) is 11.9 Å². The highest BCUT2D eigenvalue weighted by molar-refractivity contribution is 7.97. The van der Waals surface area contributed by atoms with Crippen molar-refractivity contribution in [2.75, 3.05) is 71.7 Å². The van der Waals surface area contributed by atoms with Gasteiger partial charge in [0.2, 0.25) is 23.6 Å². The first-order valence-electron chi connectivity index (χ1n) is 16.2. The van der Waals surface area contributed by atoms with Crippen molar-refractivity contribution in [3.63, 3.8) is 0 Å². The van der Waals surface area contributed by atoms with Crippen LogP contribution in [0.3, 0.4) is 0 Å². The van der Waals surface area contributed by atoms with Gasteiger partial charge in [0.1, 0.15) is 25.3 Å². The Bertz CT molecular complexity index is 1220. The molecule has 50 heavy (non-hydrogen) atoms. The number of nitrogens with zero attached hydrogens (tertiary/aromatic N) is 1. The summed E-state index contributed by atoms with van der Waals surface area (Å²) in [6.07, 6.45) is 1.63. The van der Waals surface area contributed by atoms with E-state index in [9.17, 15) is 24.0 Å². The number of amidine groups is 1. The van der Waals surface area contributed by atoms with Crippen molar-refractivity contribution in [3.8, 4) is 0 Å². The van der Waals surface area contributed by atoms with Gasteiger partial charge in [0.25, 0.3) is 0 Å². The molecular weight excluding hydrogens is 672 g/mol. The van der Waals surface area contributed by atoms with Crippen molar-refractivity contribution >= 4 is 47.7 Å². The Kier molecular flexibility index (Phi) is 22.3. The lowest BCUT2D eigenvalue weighted by molar-refractivity contribution is -0.131. The van der Waals surface area contributed by atoms with Crippen LogP contribution in [0.4, 0.5) is 0 Å². The van der Waals surface area contributed by atoms with Crippen LogP contribution >= 0.6 is 11.9 Å². The normalized spacial score (nSPS) is 11.8. The van der Waals surface area contributed by atoms with E-state index in [2.05, 4.69) is 31.2 Å². The lowest BCUT2D eigenvalue weighted by Gasteiger charge is -2.40. The number of hydrazone groups is 1. The highest BCUT2D eigenvalue weighted by Gasteiger charge is 2.47. The molecule has 0 aliphatic carbocycles. The maximum atomic E-state index is 12.8. The lowest BCUT2D eigenvalue weighted by atomic mass is 9.66. The Hall–Kier alpha value is -3.81. The minimum Gasteiger partial charge on any atom is -0.377 e. The second kappa shape index (κ2) is 25.2. The number of benzene rings is 1. The Morgan fingerprint density at radius 2 is 1.32 bits per heavy atom. The molecule has 1 aromatic carbocycles. The van der Waals surface area contributed by atoms with Crippen LogP contribution in [0.5, 0.6) is 0 Å². The zero-order valence-electron chi connectivity index (χ0n) is 29.5. The third-order valence-corrected chi connectivity index (χ3v) is 8.58. The Balaban J connectivity index is 1.93. The predicted octanol–water partition coefficient (Wildman–Crippen LogP) is -0.253. The fraction of sp³-hybridized carbons (Fsp3) is 0.625. The number of aldehydes is 1. The summed E-state index contributed by atoms with van der Waals surface area (Å²) in [5.41, 5.74) is 2.27. The zero-order chi connectivity index (χ0) is 37.3. The van der Waals surface area contributed by atoms with E-state index in [1.807, 2.05) is 13.8 Å². The van der Waals surface area contributed by atoms with E-state index in [0.29, 0.717) is 56.2 Å². The van der Waals surface area contributed by atoms with Gasteiger partial charge < -0.3 is 46.2 Å². The summed E-state index contributed by atoms with van der Waals surface area (Å²) in [5, 5.41) is 11.8. The molecule has 0 saturated heterocycles. The zero-order valence-corrected chi connectivity index (χ0v) is 30.3. The van der Waals surface area contributed by atoms with Crippen LogP contribution in [0.25, 0.3) is 0 Å². The molecule has 17 nitrogen and oxygen atoms in total. The molecule has 282 valence electrons. The molecule has 0 aromatic heterocycles. The Morgan fingerprint density at radius 1 is 0.780 bits per heavy atom. The fourth-order valence-corrected chi connectivity index (χ4v) is 4.68. The van der Waals surface area contributed by atoms with Crippen molar-refractivity contribution in [2.45, 2.75) is 47.1 Å². The summed E-state index contributed by atoms with van der Waals surface area (Å²) in [6.45, 7) is 9.48. The summed E-state index contributed by atoms with van der Waals surface area (Å²) in [7, 11) is 0. The average Bonchev–Trinajstić information content (AvgIpc) is 3.09. The molecule has 1 aromatic rings. The van der Waals surface area contributed by atoms with Crippen LogP contribution in [-0.4, -0.2) is 107 Å². The second-order valence-electron chi connectivity index (χ2n) is 11.9. The number of hydrogen-bond donors (Lipinski definition) is 7. The standard InChI is InChI=1S/C32H54N8O9S/c1-31(2,29(38-33)39-34)32(3,4)30(45)40-50-19-5-6-26(42)35-11-13-46-15-17-48-22-27(43)36-12-14-47-16-18-49-23-28(44)37-20-24-7-9-25(21-41)10-8-24/h7-10,21H,5-6,11-20,22-23,33-34H2,1-4H3,(H,35,42)(H,36,43)(H,37,44)(H,38,39)(H,40,45). The van der Waals surface area contributed by atoms with Crippen LogP contribution in [-0.2, 0) is 44.7 Å². The van der Waals surface area contributed by atoms with E-state index >= 15 is 0 Å². The predicted molar refractivity (Wildman–Crippen MR) is 189 cm³/mol. The molecule has 0 radical (unpaired) electrons. The van der Waals surface area contributed by atoms with Crippen LogP contribution in [0.1, 0.15) is 56.5 Å². The van der Waals surface area contributed by atoms with Gasteiger partial charge in [-0.15, -0.1) is 0 Å². The smallest absolute Gasteiger partial charge is 0.246 e. The molecule has 0 spiro atoms. The lowest BCUT2D eigenvalue weighted by Crippen LogP contribution is -2.54. The van der Waals surface area contributed by atoms with E-state index < -0.39 is 10.8 Å². The number of ether oxygens (including phenoxy) is 4. The summed E-state index contributed by atoms with van der Waals surface area (Å²) in [6, 6.07) is 6.90. The van der Waals surface area contributed by atoms with Crippen molar-refractivity contribution in [1.29, 1.82) is 0 Å². The van der Waals surface area contributed by atoms with Crippen LogP contribution in [0.2, 0.25) is 0 Å². The van der Waals surface area contributed by atoms with Gasteiger partial charge in [0, 0.05) is 42.8 Å². The van der Waals surface area contributed by atoms with Crippen LogP contribution in [0, 0.1) is 10.8 Å². The third-order valence-electron chi connectivity index (χ3n) is 7.76. The average molecular weight is 727 g/mol. The minimum absolute atomic E-state index is 0.104. The number of nitrogens with two attached hydrogens (primary N) is 2. The maximum absolute atomic E-state index is 12.8. The molecule has 0 atom stereocenters. The molecule has 9 N–H and O–H groups in total. The number of carbonyl (C=O) groups is 5. The van der Waals surface area contributed by atoms with E-state index in [-0.39, 0.29) is 69.9 Å². The van der Waals surface area contributed by atoms with Gasteiger partial charge in [-0.1, -0.05) is 63.9 Å². The first-order valence-corrected chi connectivity index (χ1v) is 17.2. The summed E-state index contributed by atoms with van der Waals surface area (Å²) in [5.74, 6) is 10.8. The molecule has 0 saturated carbocycles. The van der Waals surface area contributed by atoms with Gasteiger partial charge in [0.05, 0.1) is 45.1 Å². The molecular formula is C32H54N8O9S. The topological polar surface area (TPSA) is 247 Å². The van der Waals surface area contributed by atoms with Crippen molar-refractivity contribution < 1.29 is 42.9 Å². The number of amides is 4. The van der Waals surface area contributed by atoms with E-state index in [4.69, 9.17) is 30.6 Å². The molecule has 18 heteroatoms. The van der Waals surface area contributed by atoms with Gasteiger partial charge in [-0.3, -0.25) is 28.7 Å². The second-order valence-corrected chi connectivity index (χ2v) is 12.8. The van der Waals surface area contributed by atoms with Crippen molar-refractivity contribution in [1.82, 2.24) is 26.1 Å². The monoisotopic (exact) mass is 726 g/mol. The summed E-state index contributed by atoms with van der Waals surface area (Å²) >= 11 is 1.23.